The molecule has 0 aliphatic rings. The molecule has 0 saturated carbocycles. The van der Waals surface area contributed by atoms with Crippen LogP contribution in [0.15, 0.2) is 52.9 Å². The number of nitrogens with one attached hydrogen (secondary N) is 1. The van der Waals surface area contributed by atoms with E-state index in [2.05, 4.69) is 5.32 Å². The van der Waals surface area contributed by atoms with Gasteiger partial charge in [-0.15, -0.1) is 11.3 Å². The molecule has 34 heavy (non-hydrogen) atoms. The highest BCUT2D eigenvalue weighted by Gasteiger charge is 2.19. The van der Waals surface area contributed by atoms with Gasteiger partial charge >= 0.3 is 5.97 Å². The summed E-state index contributed by atoms with van der Waals surface area (Å²) in [6.45, 7) is 1.67. The minimum atomic E-state index is -0.522. The van der Waals surface area contributed by atoms with E-state index in [0.29, 0.717) is 38.0 Å². The summed E-state index contributed by atoms with van der Waals surface area (Å²) in [7, 11) is 1.28. The summed E-state index contributed by atoms with van der Waals surface area (Å²) in [5.41, 5.74) is 0.987. The molecule has 2 heterocycles. The van der Waals surface area contributed by atoms with Gasteiger partial charge in [-0.1, -0.05) is 11.6 Å². The van der Waals surface area contributed by atoms with Crippen LogP contribution in [0.3, 0.4) is 0 Å². The molecule has 0 aliphatic heterocycles. The largest absolute Gasteiger partial charge is 0.486 e. The fraction of sp³-hybridized carbons (Fsp3) is 0.130. The maximum Gasteiger partial charge on any atom is 0.349 e. The van der Waals surface area contributed by atoms with E-state index in [0.717, 1.165) is 4.70 Å². The number of thiophene rings is 1. The van der Waals surface area contributed by atoms with E-state index < -0.39 is 16.8 Å². The highest BCUT2D eigenvalue weighted by Crippen LogP contribution is 2.37. The predicted octanol–water partition coefficient (Wildman–Crippen LogP) is 5.98. The number of hydrogen-bond donors (Lipinski definition) is 1. The van der Waals surface area contributed by atoms with Crippen molar-refractivity contribution in [1.82, 2.24) is 0 Å². The molecular weight excluding hydrogens is 484 g/mol. The van der Waals surface area contributed by atoms with Crippen LogP contribution in [-0.4, -0.2) is 23.9 Å². The van der Waals surface area contributed by atoms with Crippen LogP contribution in [0.25, 0.3) is 10.1 Å². The molecule has 174 valence electrons. The second-order valence-electron chi connectivity index (χ2n) is 7.16. The van der Waals surface area contributed by atoms with Crippen molar-refractivity contribution in [1.29, 1.82) is 0 Å². The SMILES string of the molecule is COC(=O)c1sc2cc(NC(=O)c3ccc(COc4ccc([N+](=O)[O-])c(C)c4)o3)ccc2c1Cl. The fourth-order valence-electron chi connectivity index (χ4n) is 3.21. The second kappa shape index (κ2) is 9.54. The highest BCUT2D eigenvalue weighted by atomic mass is 35.5. The predicted molar refractivity (Wildman–Crippen MR) is 127 cm³/mol. The van der Waals surface area contributed by atoms with Crippen molar-refractivity contribution in [3.05, 3.63) is 85.6 Å². The number of nitro groups is 1. The summed E-state index contributed by atoms with van der Waals surface area (Å²) >= 11 is 7.43. The highest BCUT2D eigenvalue weighted by molar-refractivity contribution is 7.21. The van der Waals surface area contributed by atoms with E-state index in [1.54, 1.807) is 37.3 Å². The van der Waals surface area contributed by atoms with E-state index in [4.69, 9.17) is 25.5 Å². The Labute approximate surface area is 202 Å². The third kappa shape index (κ3) is 4.73. The lowest BCUT2D eigenvalue weighted by Crippen LogP contribution is -2.10. The van der Waals surface area contributed by atoms with E-state index in [1.807, 2.05) is 0 Å². The number of aryl methyl sites for hydroxylation is 1. The third-order valence-corrected chi connectivity index (χ3v) is 6.53. The number of anilines is 1. The minimum absolute atomic E-state index is 0.00818. The lowest BCUT2D eigenvalue weighted by molar-refractivity contribution is -0.385. The number of fused-ring (bicyclic) bond motifs is 1. The van der Waals surface area contributed by atoms with Crippen LogP contribution in [0.2, 0.25) is 5.02 Å². The van der Waals surface area contributed by atoms with Crippen molar-refractivity contribution in [3.8, 4) is 5.75 Å². The second-order valence-corrected chi connectivity index (χ2v) is 8.59. The Balaban J connectivity index is 1.42. The van der Waals surface area contributed by atoms with E-state index >= 15 is 0 Å². The number of ether oxygens (including phenoxy) is 2. The molecule has 0 saturated heterocycles. The Bertz CT molecular complexity index is 1430. The monoisotopic (exact) mass is 500 g/mol. The zero-order chi connectivity index (χ0) is 24.4. The molecule has 1 amide bonds. The van der Waals surface area contributed by atoms with Crippen molar-refractivity contribution in [2.45, 2.75) is 13.5 Å². The Morgan fingerprint density at radius 3 is 2.68 bits per heavy atom. The molecule has 9 nitrogen and oxygen atoms in total. The number of amides is 1. The standard InChI is InChI=1S/C23H17ClN2O7S/c1-12-9-14(4-7-17(12)26(29)30)32-11-15-5-8-18(33-15)22(27)25-13-3-6-16-19(10-13)34-21(20(16)24)23(28)31-2/h3-10H,11H2,1-2H3,(H,25,27). The van der Waals surface area contributed by atoms with Crippen LogP contribution < -0.4 is 10.1 Å². The molecule has 0 bridgehead atoms. The number of halogens is 1. The molecule has 0 aliphatic carbocycles. The zero-order valence-corrected chi connectivity index (χ0v) is 19.5. The van der Waals surface area contributed by atoms with Gasteiger partial charge in [0, 0.05) is 27.4 Å². The quantitative estimate of drug-likeness (QED) is 0.188. The van der Waals surface area contributed by atoms with Gasteiger partial charge in [-0.05, 0) is 49.4 Å². The van der Waals surface area contributed by atoms with Crippen molar-refractivity contribution in [2.24, 2.45) is 0 Å². The number of rotatable bonds is 7. The number of hydrogen-bond acceptors (Lipinski definition) is 8. The van der Waals surface area contributed by atoms with Crippen molar-refractivity contribution in [2.75, 3.05) is 12.4 Å². The smallest absolute Gasteiger partial charge is 0.349 e. The molecule has 0 fully saturated rings. The Kier molecular flexibility index (Phi) is 6.53. The summed E-state index contributed by atoms with van der Waals surface area (Å²) < 4.78 is 16.6. The van der Waals surface area contributed by atoms with Gasteiger partial charge in [0.1, 0.15) is 23.0 Å². The van der Waals surface area contributed by atoms with Crippen molar-refractivity contribution >= 4 is 56.3 Å². The van der Waals surface area contributed by atoms with Gasteiger partial charge in [0.05, 0.1) is 17.1 Å². The number of nitro benzene ring substituents is 1. The maximum absolute atomic E-state index is 12.6. The zero-order valence-electron chi connectivity index (χ0n) is 17.9. The number of nitrogens with zero attached hydrogens (tertiary/aromatic N) is 1. The third-order valence-electron chi connectivity index (χ3n) is 4.89. The normalized spacial score (nSPS) is 10.8. The first-order chi connectivity index (χ1) is 16.3. The summed E-state index contributed by atoms with van der Waals surface area (Å²) in [5.74, 6) is -0.0548. The van der Waals surface area contributed by atoms with Crippen LogP contribution in [-0.2, 0) is 11.3 Å². The van der Waals surface area contributed by atoms with Gasteiger partial charge in [0.25, 0.3) is 11.6 Å². The number of furan rings is 1. The van der Waals surface area contributed by atoms with Gasteiger partial charge in [-0.3, -0.25) is 14.9 Å². The van der Waals surface area contributed by atoms with Gasteiger partial charge in [-0.2, -0.15) is 0 Å². The topological polar surface area (TPSA) is 121 Å². The Morgan fingerprint density at radius 1 is 1.18 bits per heavy atom. The van der Waals surface area contributed by atoms with Crippen molar-refractivity contribution in [3.63, 3.8) is 0 Å². The lowest BCUT2D eigenvalue weighted by Gasteiger charge is -2.06. The fourth-order valence-corrected chi connectivity index (χ4v) is 4.68. The Hall–Kier alpha value is -3.89. The summed E-state index contributed by atoms with van der Waals surface area (Å²) in [6, 6.07) is 12.7. The molecule has 0 atom stereocenters. The summed E-state index contributed by atoms with van der Waals surface area (Å²) in [4.78, 5) is 35.2. The minimum Gasteiger partial charge on any atom is -0.486 e. The van der Waals surface area contributed by atoms with Gasteiger partial charge < -0.3 is 19.2 Å². The first-order valence-corrected chi connectivity index (χ1v) is 11.0. The number of esters is 1. The number of carbonyl (C=O) groups is 2. The molecular formula is C23H17ClN2O7S. The first-order valence-electron chi connectivity index (χ1n) is 9.85. The van der Waals surface area contributed by atoms with Gasteiger partial charge in [0.2, 0.25) is 0 Å². The molecule has 1 N–H and O–H groups in total. The molecule has 4 aromatic rings. The number of carbonyl (C=O) groups excluding carboxylic acids is 2. The van der Waals surface area contributed by atoms with E-state index in [-0.39, 0.29) is 18.1 Å². The molecule has 0 unspecified atom stereocenters. The molecule has 2 aromatic heterocycles. The van der Waals surface area contributed by atoms with Crippen LogP contribution >= 0.6 is 22.9 Å². The van der Waals surface area contributed by atoms with Crippen LogP contribution in [0.1, 0.15) is 31.6 Å². The molecule has 2 aromatic carbocycles. The Morgan fingerprint density at radius 2 is 1.97 bits per heavy atom. The first kappa shape index (κ1) is 23.3. The van der Waals surface area contributed by atoms with Gasteiger partial charge in [-0.25, -0.2) is 4.79 Å². The maximum atomic E-state index is 12.6. The van der Waals surface area contributed by atoms with E-state index in [9.17, 15) is 19.7 Å². The molecule has 0 radical (unpaired) electrons. The van der Waals surface area contributed by atoms with Crippen LogP contribution in [0.5, 0.6) is 5.75 Å². The van der Waals surface area contributed by atoms with Crippen molar-refractivity contribution < 1.29 is 28.4 Å². The number of methoxy groups -OCH3 is 1. The average molecular weight is 501 g/mol. The average Bonchev–Trinajstić information content (AvgIpc) is 3.41. The molecule has 11 heteroatoms. The number of benzene rings is 2. The summed E-state index contributed by atoms with van der Waals surface area (Å²) in [5, 5.41) is 14.7. The molecule has 4 rings (SSSR count). The molecule has 0 spiro atoms. The van der Waals surface area contributed by atoms with E-state index in [1.165, 1.54) is 36.6 Å². The summed E-state index contributed by atoms with van der Waals surface area (Å²) in [6.07, 6.45) is 0. The van der Waals surface area contributed by atoms with Crippen LogP contribution in [0, 0.1) is 17.0 Å². The van der Waals surface area contributed by atoms with Gasteiger partial charge in [0.15, 0.2) is 5.76 Å². The lowest BCUT2D eigenvalue weighted by atomic mass is 10.2. The van der Waals surface area contributed by atoms with Crippen LogP contribution in [0.4, 0.5) is 11.4 Å².